The zero-order chi connectivity index (χ0) is 25.5. The van der Waals surface area contributed by atoms with Gasteiger partial charge >= 0.3 is 6.09 Å². The summed E-state index contributed by atoms with van der Waals surface area (Å²) in [7, 11) is 1.73. The first-order chi connectivity index (χ1) is 16.0. The lowest BCUT2D eigenvalue weighted by Gasteiger charge is -2.34. The van der Waals surface area contributed by atoms with Crippen molar-refractivity contribution in [1.29, 1.82) is 0 Å². The molecule has 0 aliphatic carbocycles. The van der Waals surface area contributed by atoms with Gasteiger partial charge in [0.2, 0.25) is 0 Å². The number of nitrogens with two attached hydrogens (primary N) is 1. The number of hydrogen-bond donors (Lipinski definition) is 4. The maximum absolute atomic E-state index is 12.4. The first kappa shape index (κ1) is 28.1. The van der Waals surface area contributed by atoms with Crippen LogP contribution in [0.4, 0.5) is 4.79 Å². The molecule has 0 aliphatic rings. The monoisotopic (exact) mass is 475 g/mol. The van der Waals surface area contributed by atoms with Crippen molar-refractivity contribution < 1.29 is 19.4 Å². The first-order valence-corrected chi connectivity index (χ1v) is 12.4. The number of nitrogens with one attached hydrogen (secondary N) is 2. The van der Waals surface area contributed by atoms with Crippen LogP contribution in [-0.2, 0) is 15.9 Å². The number of ether oxygens (including phenoxy) is 2. The average Bonchev–Trinajstić information content (AvgIpc) is 3.16. The summed E-state index contributed by atoms with van der Waals surface area (Å²) in [6, 6.07) is 6.11. The number of aliphatic hydroxyl groups excluding tert-OH is 1. The van der Waals surface area contributed by atoms with E-state index in [1.165, 1.54) is 16.5 Å². The Bertz CT molecular complexity index is 903. The molecule has 4 unspecified atom stereocenters. The number of alkyl carbamates (subject to hydrolysis) is 1. The quantitative estimate of drug-likeness (QED) is 0.332. The number of hydrogen-bond acceptors (Lipinski definition) is 5. The van der Waals surface area contributed by atoms with Crippen molar-refractivity contribution in [3.8, 4) is 0 Å². The molecule has 0 bridgehead atoms. The molecule has 0 saturated carbocycles. The molecule has 5 N–H and O–H groups in total. The Kier molecular flexibility index (Phi) is 10.4. The van der Waals surface area contributed by atoms with Crippen LogP contribution in [0.3, 0.4) is 0 Å². The fourth-order valence-electron chi connectivity index (χ4n) is 4.62. The van der Waals surface area contributed by atoms with Gasteiger partial charge in [-0.25, -0.2) is 4.79 Å². The van der Waals surface area contributed by atoms with E-state index in [0.29, 0.717) is 12.3 Å². The third-order valence-corrected chi connectivity index (χ3v) is 6.54. The van der Waals surface area contributed by atoms with Crippen LogP contribution in [0.2, 0.25) is 0 Å². The minimum Gasteiger partial charge on any atom is -0.444 e. The standard InChI is InChI=1S/C27H45N3O4/c1-17(2)21(14-24(25(31)15-28)30-26(32)34-27(4,5)6)18(3)19-10-11-23-22(13-19)20(16-29-23)9-8-12-33-7/h10-11,13,16-18,21,24-25,29,31H,8-9,12,14-15,28H2,1-7H3,(H,30,32). The number of rotatable bonds is 12. The lowest BCUT2D eigenvalue weighted by molar-refractivity contribution is 0.0394. The van der Waals surface area contributed by atoms with E-state index < -0.39 is 23.8 Å². The van der Waals surface area contributed by atoms with E-state index in [0.717, 1.165) is 25.0 Å². The fourth-order valence-corrected chi connectivity index (χ4v) is 4.62. The van der Waals surface area contributed by atoms with Crippen LogP contribution in [0.15, 0.2) is 24.4 Å². The number of aromatic amines is 1. The number of aromatic nitrogens is 1. The third-order valence-electron chi connectivity index (χ3n) is 6.54. The molecule has 1 aromatic carbocycles. The number of carbonyl (C=O) groups excluding carboxylic acids is 1. The molecule has 0 saturated heterocycles. The van der Waals surface area contributed by atoms with Gasteiger partial charge in [0.05, 0.1) is 12.1 Å². The lowest BCUT2D eigenvalue weighted by Crippen LogP contribution is -2.49. The molecule has 34 heavy (non-hydrogen) atoms. The fraction of sp³-hybridized carbons (Fsp3) is 0.667. The molecule has 4 atom stereocenters. The summed E-state index contributed by atoms with van der Waals surface area (Å²) in [5, 5.41) is 14.7. The number of carbonyl (C=O) groups is 1. The second-order valence-electron chi connectivity index (χ2n) is 10.7. The van der Waals surface area contributed by atoms with Crippen molar-refractivity contribution in [2.24, 2.45) is 17.6 Å². The van der Waals surface area contributed by atoms with Crippen molar-refractivity contribution in [3.05, 3.63) is 35.5 Å². The van der Waals surface area contributed by atoms with Crippen molar-refractivity contribution in [2.45, 2.75) is 84.5 Å². The van der Waals surface area contributed by atoms with Crippen LogP contribution in [0.25, 0.3) is 10.9 Å². The third kappa shape index (κ3) is 8.00. The highest BCUT2D eigenvalue weighted by molar-refractivity contribution is 5.84. The van der Waals surface area contributed by atoms with Crippen LogP contribution in [0.5, 0.6) is 0 Å². The van der Waals surface area contributed by atoms with Crippen LogP contribution in [-0.4, -0.2) is 54.2 Å². The van der Waals surface area contributed by atoms with E-state index >= 15 is 0 Å². The summed E-state index contributed by atoms with van der Waals surface area (Å²) in [6.07, 6.45) is 3.25. The van der Waals surface area contributed by atoms with E-state index in [1.54, 1.807) is 7.11 Å². The number of H-pyrrole nitrogens is 1. The molecule has 1 heterocycles. The molecule has 0 aliphatic heterocycles. The number of methoxy groups -OCH3 is 1. The summed E-state index contributed by atoms with van der Waals surface area (Å²) in [6.45, 7) is 12.9. The second kappa shape index (κ2) is 12.6. The van der Waals surface area contributed by atoms with E-state index in [9.17, 15) is 9.90 Å². The maximum Gasteiger partial charge on any atom is 0.407 e. The largest absolute Gasteiger partial charge is 0.444 e. The van der Waals surface area contributed by atoms with Gasteiger partial charge in [-0.1, -0.05) is 26.8 Å². The predicted molar refractivity (Wildman–Crippen MR) is 138 cm³/mol. The molecule has 0 spiro atoms. The Morgan fingerprint density at radius 2 is 1.94 bits per heavy atom. The number of aliphatic hydroxyl groups is 1. The molecule has 1 amide bonds. The molecule has 1 aromatic heterocycles. The number of aryl methyl sites for hydroxylation is 1. The van der Waals surface area contributed by atoms with Crippen LogP contribution in [0.1, 0.15) is 71.4 Å². The van der Waals surface area contributed by atoms with Gasteiger partial charge in [0.1, 0.15) is 5.60 Å². The molecule has 192 valence electrons. The van der Waals surface area contributed by atoms with E-state index in [4.69, 9.17) is 15.2 Å². The van der Waals surface area contributed by atoms with Crippen molar-refractivity contribution in [3.63, 3.8) is 0 Å². The highest BCUT2D eigenvalue weighted by atomic mass is 16.6. The minimum absolute atomic E-state index is 0.0693. The van der Waals surface area contributed by atoms with Gasteiger partial charge in [0, 0.05) is 37.4 Å². The van der Waals surface area contributed by atoms with Gasteiger partial charge in [0.15, 0.2) is 0 Å². The van der Waals surface area contributed by atoms with E-state index in [-0.39, 0.29) is 18.4 Å². The summed E-state index contributed by atoms with van der Waals surface area (Å²) < 4.78 is 10.6. The summed E-state index contributed by atoms with van der Waals surface area (Å²) in [5.74, 6) is 0.777. The number of amides is 1. The zero-order valence-electron chi connectivity index (χ0n) is 22.0. The Morgan fingerprint density at radius 3 is 2.53 bits per heavy atom. The van der Waals surface area contributed by atoms with Gasteiger partial charge in [0.25, 0.3) is 0 Å². The average molecular weight is 476 g/mol. The van der Waals surface area contributed by atoms with Gasteiger partial charge in [-0.3, -0.25) is 0 Å². The van der Waals surface area contributed by atoms with Gasteiger partial charge in [-0.2, -0.15) is 0 Å². The van der Waals surface area contributed by atoms with Crippen LogP contribution < -0.4 is 11.1 Å². The molecular weight excluding hydrogens is 430 g/mol. The van der Waals surface area contributed by atoms with Gasteiger partial charge in [-0.15, -0.1) is 0 Å². The first-order valence-electron chi connectivity index (χ1n) is 12.4. The predicted octanol–water partition coefficient (Wildman–Crippen LogP) is 4.73. The van der Waals surface area contributed by atoms with Crippen molar-refractivity contribution in [1.82, 2.24) is 10.3 Å². The summed E-state index contributed by atoms with van der Waals surface area (Å²) in [5.41, 5.74) is 8.84. The molecular formula is C27H45N3O4. The van der Waals surface area contributed by atoms with Crippen molar-refractivity contribution >= 4 is 17.0 Å². The topological polar surface area (TPSA) is 110 Å². The SMILES string of the molecule is COCCCc1c[nH]c2ccc(C(C)C(CC(NC(=O)OC(C)(C)C)C(O)CN)C(C)C)cc12. The van der Waals surface area contributed by atoms with E-state index in [2.05, 4.69) is 55.5 Å². The van der Waals surface area contributed by atoms with Gasteiger partial charge in [-0.05, 0) is 81.0 Å². The molecule has 0 fully saturated rings. The summed E-state index contributed by atoms with van der Waals surface area (Å²) >= 11 is 0. The Labute approximate surface area is 204 Å². The van der Waals surface area contributed by atoms with Crippen LogP contribution in [0, 0.1) is 11.8 Å². The molecule has 0 radical (unpaired) electrons. The molecule has 7 heteroatoms. The molecule has 7 nitrogen and oxygen atoms in total. The smallest absolute Gasteiger partial charge is 0.407 e. The van der Waals surface area contributed by atoms with E-state index in [1.807, 2.05) is 20.8 Å². The highest BCUT2D eigenvalue weighted by Gasteiger charge is 2.31. The summed E-state index contributed by atoms with van der Waals surface area (Å²) in [4.78, 5) is 15.8. The lowest BCUT2D eigenvalue weighted by atomic mass is 9.76. The maximum atomic E-state index is 12.4. The minimum atomic E-state index is -0.847. The zero-order valence-corrected chi connectivity index (χ0v) is 22.0. The Balaban J connectivity index is 2.25. The Morgan fingerprint density at radius 1 is 1.24 bits per heavy atom. The highest BCUT2D eigenvalue weighted by Crippen LogP contribution is 2.36. The number of fused-ring (bicyclic) bond motifs is 1. The van der Waals surface area contributed by atoms with Gasteiger partial charge < -0.3 is 30.6 Å². The number of benzene rings is 1. The Hall–Kier alpha value is -2.09. The molecule has 2 aromatic rings. The molecule has 2 rings (SSSR count). The van der Waals surface area contributed by atoms with Crippen molar-refractivity contribution in [2.75, 3.05) is 20.3 Å². The van der Waals surface area contributed by atoms with Crippen LogP contribution >= 0.6 is 0 Å². The second-order valence-corrected chi connectivity index (χ2v) is 10.7. The normalized spacial score (nSPS) is 15.8.